The van der Waals surface area contributed by atoms with E-state index in [9.17, 15) is 0 Å². The van der Waals surface area contributed by atoms with Crippen LogP contribution in [0, 0.1) is 48.5 Å². The molecule has 0 aliphatic rings. The predicted octanol–water partition coefficient (Wildman–Crippen LogP) is 23.2. The van der Waals surface area contributed by atoms with Gasteiger partial charge in [0.15, 0.2) is 0 Å². The van der Waals surface area contributed by atoms with E-state index >= 15 is 0 Å². The molecule has 104 heavy (non-hydrogen) atoms. The monoisotopic (exact) mass is 1680 g/mol. The summed E-state index contributed by atoms with van der Waals surface area (Å²) in [6, 6.07) is 138. The van der Waals surface area contributed by atoms with E-state index in [0.29, 0.717) is 5.82 Å². The van der Waals surface area contributed by atoms with Crippen LogP contribution >= 0.6 is 0 Å². The first-order valence-corrected chi connectivity index (χ1v) is 33.5. The number of pyridine rings is 4. The van der Waals surface area contributed by atoms with Crippen LogP contribution in [-0.2, 0) is 40.2 Å². The first-order valence-electron chi connectivity index (χ1n) is 33.5. The Hall–Kier alpha value is -12.4. The van der Waals surface area contributed by atoms with Crippen molar-refractivity contribution in [3.05, 3.63) is 413 Å². The van der Waals surface area contributed by atoms with Crippen LogP contribution in [-0.4, -0.2) is 29.9 Å². The van der Waals surface area contributed by atoms with Gasteiger partial charge in [-0.2, -0.15) is 0 Å². The summed E-state index contributed by atoms with van der Waals surface area (Å²) in [4.78, 5) is 26.2. The fraction of sp³-hybridized carbons (Fsp3) is 0. The minimum atomic E-state index is 0. The maximum absolute atomic E-state index is 4.47. The van der Waals surface area contributed by atoms with Gasteiger partial charge in [-0.1, -0.05) is 226 Å². The number of aromatic nitrogens is 6. The van der Waals surface area contributed by atoms with Crippen molar-refractivity contribution in [3.63, 3.8) is 0 Å². The Morgan fingerprint density at radius 3 is 0.721 bits per heavy atom. The van der Waals surface area contributed by atoms with E-state index in [1.165, 1.54) is 66.8 Å². The predicted molar refractivity (Wildman–Crippen MR) is 413 cm³/mol. The zero-order chi connectivity index (χ0) is 68.5. The molecule has 8 heteroatoms. The zero-order valence-corrected chi connectivity index (χ0v) is 60.8. The topological polar surface area (TPSA) is 77.3 Å². The summed E-state index contributed by atoms with van der Waals surface area (Å²) in [7, 11) is 0. The van der Waals surface area contributed by atoms with Crippen molar-refractivity contribution in [2.45, 2.75) is 0 Å². The van der Waals surface area contributed by atoms with Crippen LogP contribution in [0.2, 0.25) is 0 Å². The molecule has 0 atom stereocenters. The third kappa shape index (κ3) is 16.6. The molecule has 6 nitrogen and oxygen atoms in total. The molecule has 500 valence electrons. The summed E-state index contributed by atoms with van der Waals surface area (Å²) < 4.78 is 0. The minimum Gasteiger partial charge on any atom is -0.333 e. The molecule has 17 aromatic rings. The summed E-state index contributed by atoms with van der Waals surface area (Å²) >= 11 is 0. The smallest absolute Gasteiger partial charge is 0.0160 e. The normalized spacial score (nSPS) is 10.5. The van der Waals surface area contributed by atoms with Crippen molar-refractivity contribution in [2.75, 3.05) is 0 Å². The van der Waals surface area contributed by atoms with E-state index in [0.717, 1.165) is 84.0 Å². The van der Waals surface area contributed by atoms with Crippen molar-refractivity contribution < 1.29 is 40.2 Å². The van der Waals surface area contributed by atoms with Crippen LogP contribution in [0.3, 0.4) is 0 Å². The molecule has 5 aromatic heterocycles. The average Bonchev–Trinajstić information content (AvgIpc) is 0.796. The molecular weight excluding hydrogens is 1620 g/mol. The standard InChI is InChI=1S/2C40H26N2.C16H8N2.2Ir/c2*1-3-14-37(35(12-1)29-18-22-31(23-19-29)39-16-5-7-26-41-39)33-10-9-11-34(28-33)38-15-4-2-13-36(38)30-20-24-32(25-21-30)40-17-6-8-27-42-40;1-2-5-13(6-3-1)14-7-9-15(10-8-14)16-17-11-4-12-18-16;;/h2*1-22,24,26-28H;1-4,7-8,11-12H;;/q2*-2;-4;;. The molecule has 0 amide bonds. The Bertz CT molecular complexity index is 4930. The third-order valence-electron chi connectivity index (χ3n) is 17.4. The summed E-state index contributed by atoms with van der Waals surface area (Å²) in [6.07, 6.45) is 10.7. The first kappa shape index (κ1) is 70.1. The molecule has 2 radical (unpaired) electrons. The van der Waals surface area contributed by atoms with Gasteiger partial charge in [-0.3, -0.25) is 29.8 Å². The van der Waals surface area contributed by atoms with Gasteiger partial charge in [0.1, 0.15) is 0 Å². The van der Waals surface area contributed by atoms with Crippen LogP contribution < -0.4 is 0 Å². The van der Waals surface area contributed by atoms with Crippen LogP contribution in [0.4, 0.5) is 0 Å². The Kier molecular flexibility index (Phi) is 23.1. The molecule has 0 saturated carbocycles. The Morgan fingerprint density at radius 2 is 0.452 bits per heavy atom. The van der Waals surface area contributed by atoms with Gasteiger partial charge in [0.2, 0.25) is 0 Å². The Morgan fingerprint density at radius 1 is 0.183 bits per heavy atom. The van der Waals surface area contributed by atoms with Gasteiger partial charge in [0.05, 0.1) is 0 Å². The van der Waals surface area contributed by atoms with Gasteiger partial charge in [-0.05, 0) is 116 Å². The second-order valence-corrected chi connectivity index (χ2v) is 23.8. The summed E-state index contributed by atoms with van der Waals surface area (Å²) in [5.74, 6) is 0.630. The second-order valence-electron chi connectivity index (χ2n) is 23.8. The Balaban J connectivity index is 0.000000148. The van der Waals surface area contributed by atoms with E-state index in [1.54, 1.807) is 18.5 Å². The van der Waals surface area contributed by atoms with E-state index in [-0.39, 0.29) is 40.2 Å². The van der Waals surface area contributed by atoms with Gasteiger partial charge in [0, 0.05) is 77.4 Å². The SMILES string of the molecule is [Ir].[Ir].[c-]1cc(-c2ccccc2-c2cccc(-c3ccccc3-c3c[c-]c(-c4ccccn4)cc3)c2)ccc1-c1ccccn1.[c-]1cc(-c2ccccc2-c2cccc(-c3ccccc3-c3c[c-]c(-c4ccccn4)cc3)c2)ccc1-c1ccccn1.[c-]1ccc[c-]c1-c1c[c-]c(-c2ncccn2)[c-]c1. The first-order chi connectivity index (χ1) is 50.6. The molecule has 0 bridgehead atoms. The summed E-state index contributed by atoms with van der Waals surface area (Å²) in [5, 5.41) is 0. The molecule has 17 rings (SSSR count). The van der Waals surface area contributed by atoms with Gasteiger partial charge < -0.3 is 29.9 Å². The molecule has 0 aliphatic carbocycles. The quantitative estimate of drug-likeness (QED) is 0.101. The second kappa shape index (κ2) is 34.3. The van der Waals surface area contributed by atoms with Gasteiger partial charge >= 0.3 is 0 Å². The molecule has 0 aliphatic heterocycles. The molecule has 0 saturated heterocycles. The van der Waals surface area contributed by atoms with Crippen molar-refractivity contribution in [2.24, 2.45) is 0 Å². The number of hydrogen-bond donors (Lipinski definition) is 0. The summed E-state index contributed by atoms with van der Waals surface area (Å²) in [6.45, 7) is 0. The van der Waals surface area contributed by atoms with E-state index in [4.69, 9.17) is 0 Å². The van der Waals surface area contributed by atoms with Crippen molar-refractivity contribution in [1.82, 2.24) is 29.9 Å². The summed E-state index contributed by atoms with van der Waals surface area (Å²) in [5.41, 5.74) is 28.9. The third-order valence-corrected chi connectivity index (χ3v) is 17.4. The largest absolute Gasteiger partial charge is 0.333 e. The van der Waals surface area contributed by atoms with Crippen LogP contribution in [0.5, 0.6) is 0 Å². The maximum Gasteiger partial charge on any atom is 0.0160 e. The molecular formula is C96H60Ir2N6-8. The number of nitrogens with zero attached hydrogens (tertiary/aromatic N) is 6. The molecule has 12 aromatic carbocycles. The molecule has 0 fully saturated rings. The van der Waals surface area contributed by atoms with Crippen molar-refractivity contribution >= 4 is 0 Å². The molecule has 0 N–H and O–H groups in total. The van der Waals surface area contributed by atoms with Crippen LogP contribution in [0.1, 0.15) is 0 Å². The number of benzene rings is 12. The van der Waals surface area contributed by atoms with Crippen LogP contribution in [0.15, 0.2) is 365 Å². The van der Waals surface area contributed by atoms with E-state index in [2.05, 4.69) is 297 Å². The van der Waals surface area contributed by atoms with E-state index in [1.807, 2.05) is 128 Å². The van der Waals surface area contributed by atoms with Gasteiger partial charge in [-0.15, -0.1) is 119 Å². The maximum atomic E-state index is 4.47. The van der Waals surface area contributed by atoms with Gasteiger partial charge in [-0.25, -0.2) is 41.5 Å². The average molecular weight is 1680 g/mol. The molecule has 0 unspecified atom stereocenters. The van der Waals surface area contributed by atoms with Crippen LogP contribution in [0.25, 0.3) is 157 Å². The number of hydrogen-bond acceptors (Lipinski definition) is 6. The molecule has 0 spiro atoms. The fourth-order valence-electron chi connectivity index (χ4n) is 12.4. The van der Waals surface area contributed by atoms with Gasteiger partial charge in [0.25, 0.3) is 0 Å². The van der Waals surface area contributed by atoms with Crippen molar-refractivity contribution in [1.29, 1.82) is 0 Å². The zero-order valence-electron chi connectivity index (χ0n) is 56.0. The number of rotatable bonds is 14. The van der Waals surface area contributed by atoms with Crippen molar-refractivity contribution in [3.8, 4) is 157 Å². The van der Waals surface area contributed by atoms with E-state index < -0.39 is 0 Å². The fourth-order valence-corrected chi connectivity index (χ4v) is 12.4. The Labute approximate surface area is 635 Å². The minimum absolute atomic E-state index is 0. The molecule has 5 heterocycles.